The molecule has 1 nitrogen and oxygen atoms in total. The lowest BCUT2D eigenvalue weighted by Crippen LogP contribution is -2.09. The summed E-state index contributed by atoms with van der Waals surface area (Å²) in [7, 11) is 0. The van der Waals surface area contributed by atoms with Crippen LogP contribution >= 0.6 is 11.3 Å². The first-order chi connectivity index (χ1) is 19.8. The molecule has 8 aromatic rings. The zero-order valence-corrected chi connectivity index (χ0v) is 22.6. The number of nitrogens with zero attached hydrogens (tertiary/aromatic N) is 1. The molecule has 8 rings (SSSR count). The number of rotatable bonds is 4. The fourth-order valence-electron chi connectivity index (χ4n) is 5.96. The van der Waals surface area contributed by atoms with Crippen molar-refractivity contribution in [1.82, 2.24) is 0 Å². The van der Waals surface area contributed by atoms with Crippen molar-refractivity contribution in [3.05, 3.63) is 152 Å². The van der Waals surface area contributed by atoms with Crippen LogP contribution in [0.1, 0.15) is 0 Å². The minimum Gasteiger partial charge on any atom is -0.310 e. The van der Waals surface area contributed by atoms with Gasteiger partial charge >= 0.3 is 0 Å². The van der Waals surface area contributed by atoms with Gasteiger partial charge in [-0.05, 0) is 81.2 Å². The SMILES string of the molecule is c1ccc(N(c2ccc(-c3cccc4ccccc34)cc2)c2ccc3ccc4sc5ccccc5c4c3c2)cc1. The van der Waals surface area contributed by atoms with Gasteiger partial charge in [-0.3, -0.25) is 0 Å². The molecule has 7 aromatic carbocycles. The Morgan fingerprint density at radius 3 is 1.93 bits per heavy atom. The van der Waals surface area contributed by atoms with Gasteiger partial charge in [-0.1, -0.05) is 103 Å². The Morgan fingerprint density at radius 1 is 0.400 bits per heavy atom. The van der Waals surface area contributed by atoms with Gasteiger partial charge < -0.3 is 4.90 Å². The van der Waals surface area contributed by atoms with E-state index in [9.17, 15) is 0 Å². The summed E-state index contributed by atoms with van der Waals surface area (Å²) in [5.74, 6) is 0. The molecule has 0 saturated heterocycles. The molecule has 0 N–H and O–H groups in total. The molecule has 1 heterocycles. The Kier molecular flexibility index (Phi) is 5.39. The van der Waals surface area contributed by atoms with Crippen LogP contribution in [0.4, 0.5) is 17.1 Å². The van der Waals surface area contributed by atoms with E-state index in [0.29, 0.717) is 0 Å². The van der Waals surface area contributed by atoms with Crippen molar-refractivity contribution in [3.63, 3.8) is 0 Å². The van der Waals surface area contributed by atoms with E-state index in [1.54, 1.807) is 0 Å². The highest BCUT2D eigenvalue weighted by Crippen LogP contribution is 2.42. The van der Waals surface area contributed by atoms with Crippen LogP contribution in [0.3, 0.4) is 0 Å². The first-order valence-corrected chi connectivity index (χ1v) is 14.4. The first kappa shape index (κ1) is 23.0. The average molecular weight is 528 g/mol. The topological polar surface area (TPSA) is 3.24 Å². The van der Waals surface area contributed by atoms with E-state index in [-0.39, 0.29) is 0 Å². The number of hydrogen-bond donors (Lipinski definition) is 0. The van der Waals surface area contributed by atoms with Crippen LogP contribution in [0.2, 0.25) is 0 Å². The van der Waals surface area contributed by atoms with Gasteiger partial charge in [-0.15, -0.1) is 11.3 Å². The van der Waals surface area contributed by atoms with Crippen molar-refractivity contribution in [3.8, 4) is 11.1 Å². The van der Waals surface area contributed by atoms with Gasteiger partial charge in [0.05, 0.1) is 0 Å². The summed E-state index contributed by atoms with van der Waals surface area (Å²) in [6.45, 7) is 0. The minimum atomic E-state index is 1.14. The highest BCUT2D eigenvalue weighted by molar-refractivity contribution is 7.26. The average Bonchev–Trinajstić information content (AvgIpc) is 3.41. The molecule has 0 aliphatic heterocycles. The zero-order chi connectivity index (χ0) is 26.5. The second kappa shape index (κ2) is 9.37. The maximum atomic E-state index is 2.36. The van der Waals surface area contributed by atoms with Gasteiger partial charge in [-0.2, -0.15) is 0 Å². The van der Waals surface area contributed by atoms with E-state index in [1.807, 2.05) is 11.3 Å². The second-order valence-corrected chi connectivity index (χ2v) is 11.3. The molecule has 0 bridgehead atoms. The second-order valence-electron chi connectivity index (χ2n) is 10.2. The molecule has 0 aliphatic rings. The standard InChI is InChI=1S/C38H25NS/c1-2-11-29(12-3-1)39(30-21-17-27(18-22-30)33-15-8-10-26-9-4-5-13-32(26)33)31-23-19-28-20-24-37-38(35(28)25-31)34-14-6-7-16-36(34)40-37/h1-25H. The Labute approximate surface area is 237 Å². The highest BCUT2D eigenvalue weighted by atomic mass is 32.1. The number of fused-ring (bicyclic) bond motifs is 6. The lowest BCUT2D eigenvalue weighted by Gasteiger charge is -2.26. The third-order valence-corrected chi connectivity index (χ3v) is 8.98. The summed E-state index contributed by atoms with van der Waals surface area (Å²) in [4.78, 5) is 2.36. The number of anilines is 3. The molecule has 0 fully saturated rings. The fourth-order valence-corrected chi connectivity index (χ4v) is 7.08. The lowest BCUT2D eigenvalue weighted by atomic mass is 9.98. The normalized spacial score (nSPS) is 11.5. The monoisotopic (exact) mass is 527 g/mol. The molecule has 0 saturated carbocycles. The van der Waals surface area contributed by atoms with Crippen molar-refractivity contribution in [2.75, 3.05) is 4.90 Å². The molecule has 40 heavy (non-hydrogen) atoms. The lowest BCUT2D eigenvalue weighted by molar-refractivity contribution is 1.29. The largest absolute Gasteiger partial charge is 0.310 e. The Hall–Kier alpha value is -4.92. The Balaban J connectivity index is 1.30. The number of hydrogen-bond acceptors (Lipinski definition) is 2. The Morgan fingerprint density at radius 2 is 1.05 bits per heavy atom. The quantitative estimate of drug-likeness (QED) is 0.220. The van der Waals surface area contributed by atoms with Crippen molar-refractivity contribution >= 4 is 70.1 Å². The van der Waals surface area contributed by atoms with Crippen LogP contribution in [0.25, 0.3) is 52.8 Å². The van der Waals surface area contributed by atoms with Crippen LogP contribution in [-0.2, 0) is 0 Å². The molecule has 0 aliphatic carbocycles. The van der Waals surface area contributed by atoms with Crippen molar-refractivity contribution < 1.29 is 0 Å². The summed E-state index contributed by atoms with van der Waals surface area (Å²) < 4.78 is 2.66. The van der Waals surface area contributed by atoms with Gasteiger partial charge in [-0.25, -0.2) is 0 Å². The molecular formula is C38H25NS. The molecule has 0 amide bonds. The molecule has 2 heteroatoms. The predicted molar refractivity (Wildman–Crippen MR) is 174 cm³/mol. The van der Waals surface area contributed by atoms with Crippen molar-refractivity contribution in [1.29, 1.82) is 0 Å². The van der Waals surface area contributed by atoms with E-state index < -0.39 is 0 Å². The molecule has 1 aromatic heterocycles. The fraction of sp³-hybridized carbons (Fsp3) is 0. The van der Waals surface area contributed by atoms with Gasteiger partial charge in [0.1, 0.15) is 0 Å². The third-order valence-electron chi connectivity index (χ3n) is 7.84. The number of thiophene rings is 1. The van der Waals surface area contributed by atoms with E-state index in [4.69, 9.17) is 0 Å². The molecule has 0 atom stereocenters. The number of benzene rings is 7. The summed E-state index contributed by atoms with van der Waals surface area (Å²) in [6.07, 6.45) is 0. The van der Waals surface area contributed by atoms with Gasteiger partial charge in [0, 0.05) is 37.2 Å². The summed E-state index contributed by atoms with van der Waals surface area (Å²) in [5.41, 5.74) is 5.91. The van der Waals surface area contributed by atoms with Crippen LogP contribution in [0.5, 0.6) is 0 Å². The maximum absolute atomic E-state index is 2.36. The summed E-state index contributed by atoms with van der Waals surface area (Å²) in [5, 5.41) is 7.77. The van der Waals surface area contributed by atoms with E-state index in [0.717, 1.165) is 17.1 Å². The van der Waals surface area contributed by atoms with Gasteiger partial charge in [0.15, 0.2) is 0 Å². The third kappa shape index (κ3) is 3.77. The van der Waals surface area contributed by atoms with Crippen LogP contribution in [-0.4, -0.2) is 0 Å². The number of para-hydroxylation sites is 1. The maximum Gasteiger partial charge on any atom is 0.0468 e. The predicted octanol–water partition coefficient (Wildman–Crippen LogP) is 11.5. The van der Waals surface area contributed by atoms with Crippen molar-refractivity contribution in [2.24, 2.45) is 0 Å². The zero-order valence-electron chi connectivity index (χ0n) is 21.8. The van der Waals surface area contributed by atoms with E-state index in [1.165, 1.54) is 52.8 Å². The smallest absolute Gasteiger partial charge is 0.0468 e. The molecule has 0 spiro atoms. The van der Waals surface area contributed by atoms with Crippen molar-refractivity contribution in [2.45, 2.75) is 0 Å². The molecule has 0 radical (unpaired) electrons. The Bertz CT molecular complexity index is 2150. The highest BCUT2D eigenvalue weighted by Gasteiger charge is 2.15. The summed E-state index contributed by atoms with van der Waals surface area (Å²) >= 11 is 1.87. The minimum absolute atomic E-state index is 1.14. The van der Waals surface area contributed by atoms with Gasteiger partial charge in [0.25, 0.3) is 0 Å². The van der Waals surface area contributed by atoms with Crippen LogP contribution < -0.4 is 4.90 Å². The van der Waals surface area contributed by atoms with E-state index >= 15 is 0 Å². The molecule has 0 unspecified atom stereocenters. The molecule has 188 valence electrons. The first-order valence-electron chi connectivity index (χ1n) is 13.6. The van der Waals surface area contributed by atoms with Gasteiger partial charge in [0.2, 0.25) is 0 Å². The van der Waals surface area contributed by atoms with Crippen LogP contribution in [0.15, 0.2) is 152 Å². The van der Waals surface area contributed by atoms with E-state index in [2.05, 4.69) is 157 Å². The summed E-state index contributed by atoms with van der Waals surface area (Å²) in [6, 6.07) is 54.9. The van der Waals surface area contributed by atoms with Crippen LogP contribution in [0, 0.1) is 0 Å². The molecular weight excluding hydrogens is 502 g/mol.